The first-order chi connectivity index (χ1) is 16.2. The van der Waals surface area contributed by atoms with E-state index in [1.165, 1.54) is 35.3 Å². The summed E-state index contributed by atoms with van der Waals surface area (Å²) in [5.74, 6) is -0.795. The van der Waals surface area contributed by atoms with Crippen molar-refractivity contribution >= 4 is 59.0 Å². The molecule has 0 saturated carbocycles. The van der Waals surface area contributed by atoms with Crippen LogP contribution in [0.3, 0.4) is 0 Å². The van der Waals surface area contributed by atoms with Crippen molar-refractivity contribution in [1.29, 1.82) is 0 Å². The first kappa shape index (κ1) is 32.8. The average Bonchev–Trinajstić information content (AvgIpc) is 2.81. The van der Waals surface area contributed by atoms with Gasteiger partial charge in [0.25, 0.3) is 0 Å². The number of unbranched alkanes of at least 4 members (excludes halogenated alkanes) is 1. The first-order valence-electron chi connectivity index (χ1n) is 11.3. The zero-order valence-electron chi connectivity index (χ0n) is 20.3. The molecule has 10 nitrogen and oxygen atoms in total. The fourth-order valence-corrected chi connectivity index (χ4v) is 4.38. The van der Waals surface area contributed by atoms with Crippen molar-refractivity contribution in [3.8, 4) is 0 Å². The first-order valence-corrected chi connectivity index (χ1v) is 15.5. The maximum Gasteiger partial charge on any atom is 0.326 e. The molecule has 0 aliphatic carbocycles. The van der Waals surface area contributed by atoms with Crippen molar-refractivity contribution in [2.45, 2.75) is 62.7 Å². The van der Waals surface area contributed by atoms with Crippen LogP contribution in [-0.2, 0) is 19.2 Å². The van der Waals surface area contributed by atoms with E-state index < -0.39 is 47.9 Å². The predicted molar refractivity (Wildman–Crippen MR) is 143 cm³/mol. The molecule has 34 heavy (non-hydrogen) atoms. The molecule has 0 radical (unpaired) electrons. The number of carbonyl (C=O) groups excluding carboxylic acids is 3. The highest BCUT2D eigenvalue weighted by Gasteiger charge is 2.29. The Bertz CT molecular complexity index is 630. The van der Waals surface area contributed by atoms with Crippen LogP contribution in [0, 0.1) is 0 Å². The van der Waals surface area contributed by atoms with Gasteiger partial charge in [0.1, 0.15) is 18.1 Å². The fraction of sp³-hybridized carbons (Fsp3) is 0.810. The Hall–Kier alpha value is -1.15. The number of nitrogens with two attached hydrogens (primary N) is 2. The maximum atomic E-state index is 13.0. The fourth-order valence-electron chi connectivity index (χ4n) is 2.97. The lowest BCUT2D eigenvalue weighted by Crippen LogP contribution is -2.57. The lowest BCUT2D eigenvalue weighted by molar-refractivity contribution is -0.142. The number of carbonyl (C=O) groups is 4. The highest BCUT2D eigenvalue weighted by Crippen LogP contribution is 2.08. The molecule has 0 bridgehead atoms. The Morgan fingerprint density at radius 3 is 1.53 bits per heavy atom. The van der Waals surface area contributed by atoms with Gasteiger partial charge in [-0.05, 0) is 74.7 Å². The molecule has 8 N–H and O–H groups in total. The second-order valence-corrected chi connectivity index (χ2v) is 10.7. The van der Waals surface area contributed by atoms with Crippen LogP contribution in [0.2, 0.25) is 0 Å². The van der Waals surface area contributed by atoms with Gasteiger partial charge in [0, 0.05) is 0 Å². The number of thioether (sulfide) groups is 3. The number of carboxylic acids is 1. The number of amides is 3. The minimum Gasteiger partial charge on any atom is -0.480 e. The minimum absolute atomic E-state index is 0.278. The normalized spacial score (nSPS) is 14.5. The van der Waals surface area contributed by atoms with E-state index >= 15 is 0 Å². The van der Waals surface area contributed by atoms with Gasteiger partial charge < -0.3 is 32.5 Å². The maximum absolute atomic E-state index is 13.0. The van der Waals surface area contributed by atoms with E-state index in [2.05, 4.69) is 16.0 Å². The molecule has 198 valence electrons. The number of carboxylic acid groups (broad SMARTS) is 1. The van der Waals surface area contributed by atoms with E-state index in [0.717, 1.165) is 6.42 Å². The highest BCUT2D eigenvalue weighted by molar-refractivity contribution is 7.98. The van der Waals surface area contributed by atoms with Crippen LogP contribution in [0.25, 0.3) is 0 Å². The van der Waals surface area contributed by atoms with Crippen LogP contribution in [-0.4, -0.2) is 95.5 Å². The SMILES string of the molecule is CSCCC(NC(=O)C(CCSC)NC(=O)C(CCSC)NC(=O)C(N)CCCCN)C(=O)O. The highest BCUT2D eigenvalue weighted by atomic mass is 32.2. The number of hydrogen-bond donors (Lipinski definition) is 6. The van der Waals surface area contributed by atoms with Crippen LogP contribution in [0.15, 0.2) is 0 Å². The number of hydrogen-bond acceptors (Lipinski definition) is 9. The molecule has 0 aromatic heterocycles. The Morgan fingerprint density at radius 2 is 1.12 bits per heavy atom. The molecule has 0 fully saturated rings. The van der Waals surface area contributed by atoms with Crippen molar-refractivity contribution in [2.75, 3.05) is 42.6 Å². The molecule has 4 unspecified atom stereocenters. The number of nitrogens with one attached hydrogen (secondary N) is 3. The Balaban J connectivity index is 5.30. The summed E-state index contributed by atoms with van der Waals surface area (Å²) in [7, 11) is 0. The van der Waals surface area contributed by atoms with Crippen LogP contribution in [0.1, 0.15) is 38.5 Å². The molecular weight excluding hydrogens is 498 g/mol. The van der Waals surface area contributed by atoms with Gasteiger partial charge in [0.05, 0.1) is 6.04 Å². The summed E-state index contributed by atoms with van der Waals surface area (Å²) in [6.07, 6.45) is 8.54. The topological polar surface area (TPSA) is 177 Å². The van der Waals surface area contributed by atoms with E-state index in [0.29, 0.717) is 49.5 Å². The summed E-state index contributed by atoms with van der Waals surface area (Å²) in [4.78, 5) is 49.9. The molecule has 0 spiro atoms. The van der Waals surface area contributed by atoms with Crippen molar-refractivity contribution < 1.29 is 24.3 Å². The van der Waals surface area contributed by atoms with E-state index in [-0.39, 0.29) is 6.42 Å². The summed E-state index contributed by atoms with van der Waals surface area (Å²) in [5.41, 5.74) is 11.4. The third-order valence-corrected chi connectivity index (χ3v) is 6.95. The van der Waals surface area contributed by atoms with Crippen LogP contribution < -0.4 is 27.4 Å². The minimum atomic E-state index is -1.12. The summed E-state index contributed by atoms with van der Waals surface area (Å²) >= 11 is 4.53. The van der Waals surface area contributed by atoms with Gasteiger partial charge in [-0.25, -0.2) is 4.79 Å². The molecule has 0 aliphatic heterocycles. The second-order valence-electron chi connectivity index (χ2n) is 7.76. The number of rotatable bonds is 20. The van der Waals surface area contributed by atoms with Crippen LogP contribution in [0.4, 0.5) is 0 Å². The molecule has 0 heterocycles. The third kappa shape index (κ3) is 14.3. The Kier molecular flexibility index (Phi) is 19.4. The van der Waals surface area contributed by atoms with Crippen molar-refractivity contribution in [1.82, 2.24) is 16.0 Å². The summed E-state index contributed by atoms with van der Waals surface area (Å²) in [6.45, 7) is 0.520. The lowest BCUT2D eigenvalue weighted by Gasteiger charge is -2.25. The second kappa shape index (κ2) is 20.1. The van der Waals surface area contributed by atoms with Gasteiger partial charge in [0.2, 0.25) is 17.7 Å². The van der Waals surface area contributed by atoms with Crippen LogP contribution in [0.5, 0.6) is 0 Å². The largest absolute Gasteiger partial charge is 0.480 e. The zero-order chi connectivity index (χ0) is 25.9. The molecule has 0 aliphatic rings. The zero-order valence-corrected chi connectivity index (χ0v) is 22.8. The molecule has 3 amide bonds. The van der Waals surface area contributed by atoms with Gasteiger partial charge in [-0.15, -0.1) is 0 Å². The van der Waals surface area contributed by atoms with E-state index in [1.54, 1.807) is 0 Å². The molecule has 0 saturated heterocycles. The smallest absolute Gasteiger partial charge is 0.326 e. The third-order valence-electron chi connectivity index (χ3n) is 5.02. The van der Waals surface area contributed by atoms with Gasteiger partial charge in [-0.3, -0.25) is 14.4 Å². The number of aliphatic carboxylic acids is 1. The quantitative estimate of drug-likeness (QED) is 0.117. The summed E-state index contributed by atoms with van der Waals surface area (Å²) in [6, 6.07) is -3.55. The molecule has 13 heteroatoms. The van der Waals surface area contributed by atoms with Gasteiger partial charge in [-0.1, -0.05) is 6.42 Å². The monoisotopic (exact) mass is 539 g/mol. The lowest BCUT2D eigenvalue weighted by atomic mass is 10.1. The van der Waals surface area contributed by atoms with E-state index in [1.807, 2.05) is 18.8 Å². The molecular formula is C21H41N5O5S3. The summed E-state index contributed by atoms with van der Waals surface area (Å²) in [5, 5.41) is 17.4. The standard InChI is InChI=1S/C21H41N5O5S3/c1-32-11-7-15(24-18(27)14(23)6-4-5-10-22)19(28)25-16(8-12-33-2)20(29)26-17(21(30)31)9-13-34-3/h14-17H,4-13,22-23H2,1-3H3,(H,24,27)(H,25,28)(H,26,29)(H,30,31). The Labute approximate surface area is 215 Å². The van der Waals surface area contributed by atoms with E-state index in [4.69, 9.17) is 11.5 Å². The average molecular weight is 540 g/mol. The summed E-state index contributed by atoms with van der Waals surface area (Å²) < 4.78 is 0. The predicted octanol–water partition coefficient (Wildman–Crippen LogP) is 0.241. The van der Waals surface area contributed by atoms with Crippen molar-refractivity contribution in [2.24, 2.45) is 11.5 Å². The van der Waals surface area contributed by atoms with Gasteiger partial charge >= 0.3 is 5.97 Å². The van der Waals surface area contributed by atoms with Gasteiger partial charge in [0.15, 0.2) is 0 Å². The van der Waals surface area contributed by atoms with Crippen LogP contribution >= 0.6 is 35.3 Å². The van der Waals surface area contributed by atoms with E-state index in [9.17, 15) is 24.3 Å². The Morgan fingerprint density at radius 1 is 0.706 bits per heavy atom. The van der Waals surface area contributed by atoms with Gasteiger partial charge in [-0.2, -0.15) is 35.3 Å². The molecule has 4 atom stereocenters. The molecule has 0 rings (SSSR count). The molecule has 0 aromatic rings. The van der Waals surface area contributed by atoms with Crippen molar-refractivity contribution in [3.05, 3.63) is 0 Å². The molecule has 0 aromatic carbocycles. The van der Waals surface area contributed by atoms with Crippen molar-refractivity contribution in [3.63, 3.8) is 0 Å².